The van der Waals surface area contributed by atoms with Gasteiger partial charge >= 0.3 is 6.03 Å². The van der Waals surface area contributed by atoms with E-state index in [9.17, 15) is 9.59 Å². The molecule has 1 aliphatic rings. The van der Waals surface area contributed by atoms with Crippen LogP contribution >= 0.6 is 11.6 Å². The van der Waals surface area contributed by atoms with Gasteiger partial charge in [0.15, 0.2) is 0 Å². The Morgan fingerprint density at radius 2 is 2.00 bits per heavy atom. The fourth-order valence-electron chi connectivity index (χ4n) is 1.37. The molecule has 82 valence electrons. The van der Waals surface area contributed by atoms with E-state index in [2.05, 4.69) is 5.32 Å². The molecule has 0 aliphatic carbocycles. The smallest absolute Gasteiger partial charge is 0.303 e. The molecule has 16 heavy (non-hydrogen) atoms. The van der Waals surface area contributed by atoms with Gasteiger partial charge in [0, 0.05) is 12.1 Å². The van der Waals surface area contributed by atoms with E-state index in [1.165, 1.54) is 7.05 Å². The van der Waals surface area contributed by atoms with Gasteiger partial charge in [-0.2, -0.15) is 0 Å². The van der Waals surface area contributed by atoms with Gasteiger partial charge in [-0.1, -0.05) is 29.8 Å². The van der Waals surface area contributed by atoms with E-state index in [4.69, 9.17) is 11.6 Å². The number of carbonyl (C=O) groups is 2. The lowest BCUT2D eigenvalue weighted by Gasteiger charge is -2.00. The highest BCUT2D eigenvalue weighted by molar-refractivity contribution is 6.32. The molecule has 0 aromatic heterocycles. The zero-order valence-corrected chi connectivity index (χ0v) is 9.28. The zero-order chi connectivity index (χ0) is 11.7. The van der Waals surface area contributed by atoms with Crippen molar-refractivity contribution in [1.82, 2.24) is 10.2 Å². The van der Waals surface area contributed by atoms with Gasteiger partial charge < -0.3 is 5.32 Å². The minimum absolute atomic E-state index is 0.237. The fourth-order valence-corrected chi connectivity index (χ4v) is 1.56. The van der Waals surface area contributed by atoms with Crippen LogP contribution in [0, 0.1) is 0 Å². The van der Waals surface area contributed by atoms with E-state index in [0.29, 0.717) is 10.6 Å². The second kappa shape index (κ2) is 3.98. The van der Waals surface area contributed by atoms with Crippen molar-refractivity contribution in [3.05, 3.63) is 40.5 Å². The molecule has 1 aromatic carbocycles. The van der Waals surface area contributed by atoms with Crippen molar-refractivity contribution in [2.45, 2.75) is 0 Å². The highest BCUT2D eigenvalue weighted by Gasteiger charge is 2.29. The van der Waals surface area contributed by atoms with Crippen LogP contribution in [0.25, 0.3) is 6.08 Å². The fraction of sp³-hybridized carbons (Fsp3) is 0.0909. The van der Waals surface area contributed by atoms with Crippen LogP contribution in [0.2, 0.25) is 5.02 Å². The summed E-state index contributed by atoms with van der Waals surface area (Å²) in [5, 5.41) is 3.00. The van der Waals surface area contributed by atoms with Crippen molar-refractivity contribution in [3.8, 4) is 0 Å². The quantitative estimate of drug-likeness (QED) is 0.598. The standard InChI is InChI=1S/C11H9ClN2O2/c1-14-10(15)9(13-11(14)16)6-7-4-2-3-5-8(7)12/h2-6H,1H3,(H,13,16)/b9-6-. The molecule has 1 fully saturated rings. The monoisotopic (exact) mass is 236 g/mol. The normalized spacial score (nSPS) is 18.1. The molecule has 2 rings (SSSR count). The van der Waals surface area contributed by atoms with Crippen LogP contribution in [0.5, 0.6) is 0 Å². The van der Waals surface area contributed by atoms with Gasteiger partial charge in [0.2, 0.25) is 0 Å². The number of nitrogens with zero attached hydrogens (tertiary/aromatic N) is 1. The van der Waals surface area contributed by atoms with Gasteiger partial charge in [0.25, 0.3) is 5.91 Å². The molecule has 0 bridgehead atoms. The highest BCUT2D eigenvalue weighted by Crippen LogP contribution is 2.19. The molecule has 5 heteroatoms. The number of carbonyl (C=O) groups excluding carboxylic acids is 2. The number of imide groups is 1. The number of rotatable bonds is 1. The second-order valence-electron chi connectivity index (χ2n) is 3.37. The molecule has 1 aromatic rings. The second-order valence-corrected chi connectivity index (χ2v) is 3.78. The minimum Gasteiger partial charge on any atom is -0.303 e. The number of hydrogen-bond acceptors (Lipinski definition) is 2. The first-order chi connectivity index (χ1) is 7.59. The Morgan fingerprint density at radius 3 is 2.56 bits per heavy atom. The van der Waals surface area contributed by atoms with E-state index in [1.54, 1.807) is 24.3 Å². The van der Waals surface area contributed by atoms with E-state index < -0.39 is 6.03 Å². The first kappa shape index (κ1) is 10.7. The molecular formula is C11H9ClN2O2. The Labute approximate surface area is 97.5 Å². The van der Waals surface area contributed by atoms with Crippen molar-refractivity contribution in [2.24, 2.45) is 0 Å². The Morgan fingerprint density at radius 1 is 1.31 bits per heavy atom. The number of amides is 3. The SMILES string of the molecule is CN1C(=O)N/C(=C\c2ccccc2Cl)C1=O. The molecule has 1 saturated heterocycles. The van der Waals surface area contributed by atoms with Crippen molar-refractivity contribution in [3.63, 3.8) is 0 Å². The van der Waals surface area contributed by atoms with E-state index >= 15 is 0 Å². The summed E-state index contributed by atoms with van der Waals surface area (Å²) in [6, 6.07) is 6.67. The topological polar surface area (TPSA) is 49.4 Å². The Hall–Kier alpha value is -1.81. The predicted molar refractivity (Wildman–Crippen MR) is 60.7 cm³/mol. The van der Waals surface area contributed by atoms with Crippen LogP contribution in [0.15, 0.2) is 30.0 Å². The summed E-state index contributed by atoms with van der Waals surface area (Å²) in [7, 11) is 1.42. The van der Waals surface area contributed by atoms with Crippen LogP contribution in [-0.2, 0) is 4.79 Å². The third kappa shape index (κ3) is 1.79. The van der Waals surface area contributed by atoms with Gasteiger partial charge in [-0.15, -0.1) is 0 Å². The molecule has 1 aliphatic heterocycles. The lowest BCUT2D eigenvalue weighted by Crippen LogP contribution is -2.25. The van der Waals surface area contributed by atoms with E-state index in [-0.39, 0.29) is 11.6 Å². The highest BCUT2D eigenvalue weighted by atomic mass is 35.5. The minimum atomic E-state index is -0.427. The van der Waals surface area contributed by atoms with E-state index in [1.807, 2.05) is 6.07 Å². The maximum atomic E-state index is 11.6. The van der Waals surface area contributed by atoms with Crippen LogP contribution in [0.4, 0.5) is 4.79 Å². The van der Waals surface area contributed by atoms with Crippen LogP contribution in [-0.4, -0.2) is 23.9 Å². The molecule has 0 saturated carbocycles. The maximum Gasteiger partial charge on any atom is 0.328 e. The molecule has 0 atom stereocenters. The number of hydrogen-bond donors (Lipinski definition) is 1. The number of urea groups is 1. The molecule has 0 radical (unpaired) electrons. The number of benzene rings is 1. The van der Waals surface area contributed by atoms with E-state index in [0.717, 1.165) is 4.90 Å². The van der Waals surface area contributed by atoms with Gasteiger partial charge in [-0.05, 0) is 17.7 Å². The average Bonchev–Trinajstić information content (AvgIpc) is 2.50. The number of halogens is 1. The first-order valence-corrected chi connectivity index (χ1v) is 5.02. The molecule has 4 nitrogen and oxygen atoms in total. The summed E-state index contributed by atoms with van der Waals surface area (Å²) < 4.78 is 0. The molecule has 0 spiro atoms. The van der Waals surface area contributed by atoms with Gasteiger partial charge in [-0.25, -0.2) is 4.79 Å². The summed E-state index contributed by atoms with van der Waals surface area (Å²) in [6.45, 7) is 0. The summed E-state index contributed by atoms with van der Waals surface area (Å²) in [5.74, 6) is -0.357. The third-order valence-electron chi connectivity index (χ3n) is 2.29. The first-order valence-electron chi connectivity index (χ1n) is 4.65. The van der Waals surface area contributed by atoms with Gasteiger partial charge in [-0.3, -0.25) is 9.69 Å². The summed E-state index contributed by atoms with van der Waals surface area (Å²) in [6.07, 6.45) is 1.56. The summed E-state index contributed by atoms with van der Waals surface area (Å²) in [5.41, 5.74) is 0.934. The molecular weight excluding hydrogens is 228 g/mol. The van der Waals surface area contributed by atoms with Gasteiger partial charge in [0.05, 0.1) is 0 Å². The summed E-state index contributed by atoms with van der Waals surface area (Å²) >= 11 is 5.94. The van der Waals surface area contributed by atoms with Crippen molar-refractivity contribution in [2.75, 3.05) is 7.05 Å². The Balaban J connectivity index is 2.37. The zero-order valence-electron chi connectivity index (χ0n) is 8.53. The summed E-state index contributed by atoms with van der Waals surface area (Å²) in [4.78, 5) is 23.8. The molecule has 1 N–H and O–H groups in total. The van der Waals surface area contributed by atoms with Crippen LogP contribution in [0.1, 0.15) is 5.56 Å². The third-order valence-corrected chi connectivity index (χ3v) is 2.63. The van der Waals surface area contributed by atoms with Crippen molar-refractivity contribution >= 4 is 29.6 Å². The Bertz CT molecular complexity index is 497. The lowest BCUT2D eigenvalue weighted by atomic mass is 10.2. The van der Waals surface area contributed by atoms with Crippen LogP contribution < -0.4 is 5.32 Å². The van der Waals surface area contributed by atoms with Crippen molar-refractivity contribution in [1.29, 1.82) is 0 Å². The van der Waals surface area contributed by atoms with Gasteiger partial charge in [0.1, 0.15) is 5.70 Å². The average molecular weight is 237 g/mol. The largest absolute Gasteiger partial charge is 0.328 e. The maximum absolute atomic E-state index is 11.6. The number of likely N-dealkylation sites (N-methyl/N-ethyl adjacent to an activating group) is 1. The number of nitrogens with one attached hydrogen (secondary N) is 1. The molecule has 3 amide bonds. The van der Waals surface area contributed by atoms with Crippen LogP contribution in [0.3, 0.4) is 0 Å². The Kier molecular flexibility index (Phi) is 2.66. The predicted octanol–water partition coefficient (Wildman–Crippen LogP) is 1.86. The molecule has 1 heterocycles. The van der Waals surface area contributed by atoms with Crippen molar-refractivity contribution < 1.29 is 9.59 Å². The lowest BCUT2D eigenvalue weighted by molar-refractivity contribution is -0.121. The molecule has 0 unspecified atom stereocenters.